The second-order valence-corrected chi connectivity index (χ2v) is 4.92. The van der Waals surface area contributed by atoms with E-state index in [1.165, 1.54) is 6.07 Å². The zero-order chi connectivity index (χ0) is 14.2. The van der Waals surface area contributed by atoms with Gasteiger partial charge in [-0.05, 0) is 36.8 Å². The average Bonchev–Trinajstić information content (AvgIpc) is 2.42. The molecule has 4 nitrogen and oxygen atoms in total. The third-order valence-corrected chi connectivity index (χ3v) is 3.45. The minimum Gasteiger partial charge on any atom is -0.377 e. The molecule has 100 valence electrons. The molecule has 0 spiro atoms. The van der Waals surface area contributed by atoms with Gasteiger partial charge in [-0.1, -0.05) is 0 Å². The number of hydrogen-bond acceptors (Lipinski definition) is 4. The molecule has 0 atom stereocenters. The highest BCUT2D eigenvalue weighted by Crippen LogP contribution is 2.30. The Balaban J connectivity index is 2.03. The standard InChI is InChI=1S/C15H12FN3O/c1-10-6-11(2-3-12(10)16)13-4-5-18-14(19-13)15(7-17)8-20-9-15/h2-6H,8-9H2,1H3. The molecule has 5 heteroatoms. The predicted octanol–water partition coefficient (Wildman–Crippen LogP) is 2.38. The number of benzene rings is 1. The molecular weight excluding hydrogens is 257 g/mol. The summed E-state index contributed by atoms with van der Waals surface area (Å²) in [5, 5.41) is 9.27. The van der Waals surface area contributed by atoms with Crippen LogP contribution in [0.15, 0.2) is 30.5 Å². The zero-order valence-corrected chi connectivity index (χ0v) is 10.9. The second-order valence-electron chi connectivity index (χ2n) is 4.92. The maximum absolute atomic E-state index is 13.3. The number of nitrogens with zero attached hydrogens (tertiary/aromatic N) is 3. The fraction of sp³-hybridized carbons (Fsp3) is 0.267. The Labute approximate surface area is 115 Å². The van der Waals surface area contributed by atoms with E-state index in [4.69, 9.17) is 4.74 Å². The smallest absolute Gasteiger partial charge is 0.163 e. The number of hydrogen-bond donors (Lipinski definition) is 0. The van der Waals surface area contributed by atoms with E-state index in [-0.39, 0.29) is 5.82 Å². The molecule has 1 aliphatic heterocycles. The van der Waals surface area contributed by atoms with Crippen LogP contribution in [0.2, 0.25) is 0 Å². The highest BCUT2D eigenvalue weighted by atomic mass is 19.1. The predicted molar refractivity (Wildman–Crippen MR) is 70.3 cm³/mol. The lowest BCUT2D eigenvalue weighted by Gasteiger charge is -2.33. The maximum Gasteiger partial charge on any atom is 0.163 e. The Hall–Kier alpha value is -2.32. The Bertz CT molecular complexity index is 705. The van der Waals surface area contributed by atoms with E-state index in [0.29, 0.717) is 30.3 Å². The van der Waals surface area contributed by atoms with Gasteiger partial charge in [-0.2, -0.15) is 5.26 Å². The summed E-state index contributed by atoms with van der Waals surface area (Å²) in [7, 11) is 0. The van der Waals surface area contributed by atoms with E-state index in [2.05, 4.69) is 16.0 Å². The molecule has 1 aromatic carbocycles. The van der Waals surface area contributed by atoms with Gasteiger partial charge in [0.25, 0.3) is 0 Å². The lowest BCUT2D eigenvalue weighted by Crippen LogP contribution is -2.46. The monoisotopic (exact) mass is 269 g/mol. The number of ether oxygens (including phenoxy) is 1. The Morgan fingerprint density at radius 3 is 2.75 bits per heavy atom. The number of nitriles is 1. The van der Waals surface area contributed by atoms with Gasteiger partial charge in [-0.25, -0.2) is 14.4 Å². The molecule has 0 amide bonds. The van der Waals surface area contributed by atoms with Crippen LogP contribution in [-0.2, 0) is 10.2 Å². The van der Waals surface area contributed by atoms with Crippen LogP contribution in [0.3, 0.4) is 0 Å². The van der Waals surface area contributed by atoms with Crippen molar-refractivity contribution < 1.29 is 9.13 Å². The molecule has 3 rings (SSSR count). The van der Waals surface area contributed by atoms with E-state index in [0.717, 1.165) is 5.56 Å². The summed E-state index contributed by atoms with van der Waals surface area (Å²) >= 11 is 0. The summed E-state index contributed by atoms with van der Waals surface area (Å²) in [5.74, 6) is 0.217. The first kappa shape index (κ1) is 12.7. The second kappa shape index (κ2) is 4.66. The lowest BCUT2D eigenvalue weighted by molar-refractivity contribution is -0.0338. The number of halogens is 1. The van der Waals surface area contributed by atoms with Gasteiger partial charge < -0.3 is 4.74 Å². The lowest BCUT2D eigenvalue weighted by atomic mass is 9.87. The van der Waals surface area contributed by atoms with Crippen LogP contribution in [0.25, 0.3) is 11.3 Å². The van der Waals surface area contributed by atoms with Crippen LogP contribution in [0, 0.1) is 24.1 Å². The molecule has 0 aliphatic carbocycles. The van der Waals surface area contributed by atoms with Gasteiger partial charge in [0.2, 0.25) is 0 Å². The summed E-state index contributed by atoms with van der Waals surface area (Å²) in [4.78, 5) is 8.62. The fourth-order valence-electron chi connectivity index (χ4n) is 2.10. The van der Waals surface area contributed by atoms with Crippen molar-refractivity contribution in [3.63, 3.8) is 0 Å². The van der Waals surface area contributed by atoms with Crippen LogP contribution in [0.4, 0.5) is 4.39 Å². The molecule has 0 radical (unpaired) electrons. The molecule has 1 fully saturated rings. The molecular formula is C15H12FN3O. The van der Waals surface area contributed by atoms with E-state index in [9.17, 15) is 9.65 Å². The first-order chi connectivity index (χ1) is 9.64. The first-order valence-electron chi connectivity index (χ1n) is 6.24. The molecule has 1 saturated heterocycles. The highest BCUT2D eigenvalue weighted by molar-refractivity contribution is 5.60. The molecule has 0 saturated carbocycles. The van der Waals surface area contributed by atoms with Crippen LogP contribution >= 0.6 is 0 Å². The van der Waals surface area contributed by atoms with Crippen molar-refractivity contribution in [1.29, 1.82) is 5.26 Å². The minimum atomic E-state index is -0.745. The van der Waals surface area contributed by atoms with Crippen molar-refractivity contribution in [3.8, 4) is 17.3 Å². The SMILES string of the molecule is Cc1cc(-c2ccnc(C3(C#N)COC3)n2)ccc1F. The van der Waals surface area contributed by atoms with Gasteiger partial charge >= 0.3 is 0 Å². The molecule has 2 heterocycles. The third-order valence-electron chi connectivity index (χ3n) is 3.45. The molecule has 1 aromatic heterocycles. The van der Waals surface area contributed by atoms with Gasteiger partial charge in [0.05, 0.1) is 25.0 Å². The van der Waals surface area contributed by atoms with Gasteiger partial charge in [-0.3, -0.25) is 0 Å². The first-order valence-corrected chi connectivity index (χ1v) is 6.24. The third kappa shape index (κ3) is 1.95. The van der Waals surface area contributed by atoms with Gasteiger partial charge in [-0.15, -0.1) is 0 Å². The summed E-state index contributed by atoms with van der Waals surface area (Å²) in [5.41, 5.74) is 1.30. The normalized spacial score (nSPS) is 16.2. The minimum absolute atomic E-state index is 0.246. The number of aromatic nitrogens is 2. The maximum atomic E-state index is 13.3. The summed E-state index contributed by atoms with van der Waals surface area (Å²) in [6.07, 6.45) is 1.62. The largest absolute Gasteiger partial charge is 0.377 e. The van der Waals surface area contributed by atoms with E-state index < -0.39 is 5.41 Å². The van der Waals surface area contributed by atoms with Gasteiger partial charge in [0.1, 0.15) is 5.82 Å². The number of rotatable bonds is 2. The van der Waals surface area contributed by atoms with Crippen LogP contribution < -0.4 is 0 Å². The number of aryl methyl sites for hydroxylation is 1. The molecule has 0 unspecified atom stereocenters. The molecule has 1 aliphatic rings. The molecule has 0 N–H and O–H groups in total. The van der Waals surface area contributed by atoms with Crippen molar-refractivity contribution in [2.24, 2.45) is 0 Å². The van der Waals surface area contributed by atoms with E-state index in [1.807, 2.05) is 0 Å². The molecule has 20 heavy (non-hydrogen) atoms. The summed E-state index contributed by atoms with van der Waals surface area (Å²) in [6.45, 7) is 2.34. The van der Waals surface area contributed by atoms with Crippen molar-refractivity contribution in [1.82, 2.24) is 9.97 Å². The Morgan fingerprint density at radius 2 is 2.15 bits per heavy atom. The Morgan fingerprint density at radius 1 is 1.35 bits per heavy atom. The van der Waals surface area contributed by atoms with E-state index in [1.54, 1.807) is 31.3 Å². The molecule has 2 aromatic rings. The average molecular weight is 269 g/mol. The summed E-state index contributed by atoms with van der Waals surface area (Å²) < 4.78 is 18.4. The van der Waals surface area contributed by atoms with Crippen molar-refractivity contribution in [3.05, 3.63) is 47.7 Å². The van der Waals surface area contributed by atoms with Gasteiger partial charge in [0.15, 0.2) is 11.2 Å². The van der Waals surface area contributed by atoms with Crippen LogP contribution in [0.1, 0.15) is 11.4 Å². The topological polar surface area (TPSA) is 58.8 Å². The summed E-state index contributed by atoms with van der Waals surface area (Å²) in [6, 6.07) is 8.79. The fourth-order valence-corrected chi connectivity index (χ4v) is 2.10. The zero-order valence-electron chi connectivity index (χ0n) is 10.9. The highest BCUT2D eigenvalue weighted by Gasteiger charge is 2.43. The quantitative estimate of drug-likeness (QED) is 0.840. The van der Waals surface area contributed by atoms with Crippen molar-refractivity contribution in [2.45, 2.75) is 12.3 Å². The van der Waals surface area contributed by atoms with Crippen LogP contribution in [0.5, 0.6) is 0 Å². The van der Waals surface area contributed by atoms with Crippen molar-refractivity contribution in [2.75, 3.05) is 13.2 Å². The van der Waals surface area contributed by atoms with Crippen molar-refractivity contribution >= 4 is 0 Å². The van der Waals surface area contributed by atoms with Gasteiger partial charge in [0, 0.05) is 11.8 Å². The van der Waals surface area contributed by atoms with Crippen LogP contribution in [-0.4, -0.2) is 23.2 Å². The Kier molecular flexibility index (Phi) is 2.96. The van der Waals surface area contributed by atoms with E-state index >= 15 is 0 Å². The molecule has 0 bridgehead atoms.